The summed E-state index contributed by atoms with van der Waals surface area (Å²) in [6, 6.07) is 6.70. The molecule has 0 atom stereocenters. The molecule has 0 heterocycles. The summed E-state index contributed by atoms with van der Waals surface area (Å²) in [5.74, 6) is -1.88. The molecule has 1 rings (SSSR count). The van der Waals surface area contributed by atoms with Gasteiger partial charge < -0.3 is 4.74 Å². The molecule has 0 fully saturated rings. The van der Waals surface area contributed by atoms with Crippen molar-refractivity contribution in [2.45, 2.75) is 19.8 Å². The van der Waals surface area contributed by atoms with Gasteiger partial charge in [0.2, 0.25) is 5.83 Å². The molecular formula is C13H14ClFO2. The molecule has 0 aliphatic rings. The predicted octanol–water partition coefficient (Wildman–Crippen LogP) is 3.99. The summed E-state index contributed by atoms with van der Waals surface area (Å²) in [7, 11) is 0. The maximum absolute atomic E-state index is 13.4. The van der Waals surface area contributed by atoms with Gasteiger partial charge in [0.1, 0.15) is 0 Å². The van der Waals surface area contributed by atoms with E-state index in [2.05, 4.69) is 0 Å². The molecule has 17 heavy (non-hydrogen) atoms. The Morgan fingerprint density at radius 2 is 2.18 bits per heavy atom. The minimum absolute atomic E-state index is 0.235. The number of unbranched alkanes of at least 4 members (excludes halogenated alkanes) is 1. The van der Waals surface area contributed by atoms with Crippen molar-refractivity contribution in [2.75, 3.05) is 6.61 Å². The third-order valence-electron chi connectivity index (χ3n) is 2.11. The Hall–Kier alpha value is -1.35. The first-order valence-corrected chi connectivity index (χ1v) is 5.81. The van der Waals surface area contributed by atoms with Crippen LogP contribution >= 0.6 is 11.6 Å². The van der Waals surface area contributed by atoms with Crippen LogP contribution in [0.25, 0.3) is 6.08 Å². The van der Waals surface area contributed by atoms with Crippen LogP contribution in [0.2, 0.25) is 5.02 Å². The lowest BCUT2D eigenvalue weighted by molar-refractivity contribution is -0.140. The second-order valence-electron chi connectivity index (χ2n) is 3.50. The summed E-state index contributed by atoms with van der Waals surface area (Å²) in [6.45, 7) is 2.20. The molecule has 0 spiro atoms. The summed E-state index contributed by atoms with van der Waals surface area (Å²) in [6.07, 6.45) is 2.70. The molecule has 0 saturated carbocycles. The van der Waals surface area contributed by atoms with E-state index in [1.54, 1.807) is 24.3 Å². The monoisotopic (exact) mass is 256 g/mol. The van der Waals surface area contributed by atoms with Crippen LogP contribution in [-0.2, 0) is 9.53 Å². The van der Waals surface area contributed by atoms with Crippen molar-refractivity contribution < 1.29 is 13.9 Å². The Kier molecular flexibility index (Phi) is 5.70. The van der Waals surface area contributed by atoms with E-state index >= 15 is 0 Å². The number of benzene rings is 1. The van der Waals surface area contributed by atoms with Gasteiger partial charge in [-0.2, -0.15) is 4.39 Å². The van der Waals surface area contributed by atoms with Gasteiger partial charge in [0.05, 0.1) is 6.61 Å². The van der Waals surface area contributed by atoms with Crippen molar-refractivity contribution >= 4 is 23.6 Å². The van der Waals surface area contributed by atoms with E-state index in [9.17, 15) is 9.18 Å². The van der Waals surface area contributed by atoms with Crippen LogP contribution in [0.3, 0.4) is 0 Å². The van der Waals surface area contributed by atoms with Gasteiger partial charge in [0.15, 0.2) is 0 Å². The largest absolute Gasteiger partial charge is 0.460 e. The van der Waals surface area contributed by atoms with Crippen molar-refractivity contribution in [3.63, 3.8) is 0 Å². The molecule has 92 valence electrons. The second kappa shape index (κ2) is 7.07. The molecule has 0 aromatic heterocycles. The van der Waals surface area contributed by atoms with Gasteiger partial charge in [-0.15, -0.1) is 0 Å². The Bertz CT molecular complexity index is 416. The Morgan fingerprint density at radius 1 is 1.47 bits per heavy atom. The molecule has 0 unspecified atom stereocenters. The molecule has 0 amide bonds. The maximum Gasteiger partial charge on any atom is 0.367 e. The zero-order valence-electron chi connectivity index (χ0n) is 9.58. The van der Waals surface area contributed by atoms with E-state index in [1.165, 1.54) is 0 Å². The highest BCUT2D eigenvalue weighted by Crippen LogP contribution is 2.19. The van der Waals surface area contributed by atoms with E-state index in [1.807, 2.05) is 6.92 Å². The molecule has 1 aromatic carbocycles. The molecule has 0 bridgehead atoms. The SMILES string of the molecule is CCCCOC(=O)/C(F)=C/c1ccccc1Cl. The van der Waals surface area contributed by atoms with E-state index in [0.717, 1.165) is 18.9 Å². The highest BCUT2D eigenvalue weighted by Gasteiger charge is 2.10. The maximum atomic E-state index is 13.4. The van der Waals surface area contributed by atoms with E-state index in [-0.39, 0.29) is 6.61 Å². The molecule has 1 aromatic rings. The number of esters is 1. The van der Waals surface area contributed by atoms with Crippen molar-refractivity contribution in [1.29, 1.82) is 0 Å². The van der Waals surface area contributed by atoms with Crippen LogP contribution in [0.1, 0.15) is 25.3 Å². The van der Waals surface area contributed by atoms with Crippen molar-refractivity contribution in [1.82, 2.24) is 0 Å². The number of hydrogen-bond donors (Lipinski definition) is 0. The van der Waals surface area contributed by atoms with E-state index in [4.69, 9.17) is 16.3 Å². The molecule has 0 aliphatic carbocycles. The summed E-state index contributed by atoms with van der Waals surface area (Å²) in [4.78, 5) is 11.2. The van der Waals surface area contributed by atoms with Crippen LogP contribution in [0.5, 0.6) is 0 Å². The van der Waals surface area contributed by atoms with Crippen molar-refractivity contribution in [3.05, 3.63) is 40.7 Å². The van der Waals surface area contributed by atoms with Gasteiger partial charge in [-0.05, 0) is 24.1 Å². The first kappa shape index (κ1) is 13.7. The summed E-state index contributed by atoms with van der Waals surface area (Å²) >= 11 is 5.84. The highest BCUT2D eigenvalue weighted by atomic mass is 35.5. The fourth-order valence-electron chi connectivity index (χ4n) is 1.17. The van der Waals surface area contributed by atoms with Gasteiger partial charge in [0.25, 0.3) is 0 Å². The lowest BCUT2D eigenvalue weighted by Crippen LogP contribution is -2.06. The van der Waals surface area contributed by atoms with Gasteiger partial charge in [-0.1, -0.05) is 43.1 Å². The smallest absolute Gasteiger partial charge is 0.367 e. The highest BCUT2D eigenvalue weighted by molar-refractivity contribution is 6.32. The number of ether oxygens (including phenoxy) is 1. The van der Waals surface area contributed by atoms with Crippen molar-refractivity contribution in [2.24, 2.45) is 0 Å². The van der Waals surface area contributed by atoms with Gasteiger partial charge in [0, 0.05) is 5.02 Å². The molecule has 4 heteroatoms. The minimum Gasteiger partial charge on any atom is -0.460 e. The first-order chi connectivity index (χ1) is 8.15. The zero-order chi connectivity index (χ0) is 12.7. The fourth-order valence-corrected chi connectivity index (χ4v) is 1.36. The van der Waals surface area contributed by atoms with Crippen LogP contribution in [0.15, 0.2) is 30.1 Å². The van der Waals surface area contributed by atoms with Crippen LogP contribution in [0.4, 0.5) is 4.39 Å². The lowest BCUT2D eigenvalue weighted by atomic mass is 10.2. The topological polar surface area (TPSA) is 26.3 Å². The molecule has 0 N–H and O–H groups in total. The summed E-state index contributed by atoms with van der Waals surface area (Å²) in [5, 5.41) is 0.393. The van der Waals surface area contributed by atoms with Crippen LogP contribution in [0, 0.1) is 0 Å². The lowest BCUT2D eigenvalue weighted by Gasteiger charge is -2.02. The fraction of sp³-hybridized carbons (Fsp3) is 0.308. The Balaban J connectivity index is 2.66. The van der Waals surface area contributed by atoms with Crippen molar-refractivity contribution in [3.8, 4) is 0 Å². The quantitative estimate of drug-likeness (QED) is 0.452. The van der Waals surface area contributed by atoms with Crippen LogP contribution in [-0.4, -0.2) is 12.6 Å². The number of rotatable bonds is 5. The van der Waals surface area contributed by atoms with Gasteiger partial charge in [-0.25, -0.2) is 4.79 Å². The second-order valence-corrected chi connectivity index (χ2v) is 3.91. The number of carbonyl (C=O) groups excluding carboxylic acids is 1. The van der Waals surface area contributed by atoms with Gasteiger partial charge in [-0.3, -0.25) is 0 Å². The van der Waals surface area contributed by atoms with Crippen LogP contribution < -0.4 is 0 Å². The summed E-state index contributed by atoms with van der Waals surface area (Å²) in [5.41, 5.74) is 0.458. The first-order valence-electron chi connectivity index (χ1n) is 5.44. The Labute approximate surface area is 105 Å². The van der Waals surface area contributed by atoms with E-state index < -0.39 is 11.8 Å². The Morgan fingerprint density at radius 3 is 2.82 bits per heavy atom. The van der Waals surface area contributed by atoms with Gasteiger partial charge >= 0.3 is 5.97 Å². The molecule has 0 radical (unpaired) electrons. The zero-order valence-corrected chi connectivity index (χ0v) is 10.3. The van der Waals surface area contributed by atoms with E-state index in [0.29, 0.717) is 10.6 Å². The normalized spacial score (nSPS) is 11.4. The average molecular weight is 257 g/mol. The molecule has 0 aliphatic heterocycles. The minimum atomic E-state index is -0.946. The third kappa shape index (κ3) is 4.57. The molecule has 2 nitrogen and oxygen atoms in total. The third-order valence-corrected chi connectivity index (χ3v) is 2.46. The average Bonchev–Trinajstić information content (AvgIpc) is 2.32. The number of carbonyl (C=O) groups is 1. The standard InChI is InChI=1S/C13H14ClFO2/c1-2-3-8-17-13(16)12(15)9-10-6-4-5-7-11(10)14/h4-7,9H,2-3,8H2,1H3/b12-9-. The number of halogens is 2. The molecular weight excluding hydrogens is 243 g/mol. The summed E-state index contributed by atoms with van der Waals surface area (Å²) < 4.78 is 18.1. The number of hydrogen-bond acceptors (Lipinski definition) is 2. The molecule has 0 saturated heterocycles. The predicted molar refractivity (Wildman–Crippen MR) is 66.4 cm³/mol.